The van der Waals surface area contributed by atoms with Crippen LogP contribution in [0.4, 0.5) is 0 Å². The van der Waals surface area contributed by atoms with Crippen LogP contribution >= 0.6 is 0 Å². The molecule has 2 N–H and O–H groups in total. The summed E-state index contributed by atoms with van der Waals surface area (Å²) in [5.74, 6) is -1.18. The van der Waals surface area contributed by atoms with E-state index in [1.165, 1.54) is 12.2 Å². The summed E-state index contributed by atoms with van der Waals surface area (Å²) in [5.41, 5.74) is 0. The molecule has 0 heterocycles. The number of aliphatic hydroxyl groups excluding tert-OH is 1. The Kier molecular flexibility index (Phi) is 4.92. The molecule has 0 aliphatic heterocycles. The lowest BCUT2D eigenvalue weighted by atomic mass is 9.99. The Bertz CT molecular complexity index is 317. The smallest absolute Gasteiger partial charge is 0.303 e. The first-order chi connectivity index (χ1) is 7.61. The highest BCUT2D eigenvalue weighted by Gasteiger charge is 2.26. The number of hydrogen-bond acceptors (Lipinski definition) is 3. The van der Waals surface area contributed by atoms with Crippen LogP contribution in [0.1, 0.15) is 25.7 Å². The highest BCUT2D eigenvalue weighted by molar-refractivity contribution is 5.95. The van der Waals surface area contributed by atoms with Crippen LogP contribution in [0.5, 0.6) is 0 Å². The molecule has 0 saturated carbocycles. The van der Waals surface area contributed by atoms with Gasteiger partial charge >= 0.3 is 5.97 Å². The first-order valence-electron chi connectivity index (χ1n) is 5.38. The van der Waals surface area contributed by atoms with Gasteiger partial charge in [-0.15, -0.1) is 0 Å². The Morgan fingerprint density at radius 2 is 2.19 bits per heavy atom. The summed E-state index contributed by atoms with van der Waals surface area (Å²) in [6.07, 6.45) is 7.91. The molecular formula is C12H16O4. The number of aliphatic hydroxyl groups is 1. The second-order valence-electron chi connectivity index (χ2n) is 3.85. The van der Waals surface area contributed by atoms with Gasteiger partial charge in [-0.05, 0) is 25.3 Å². The third-order valence-corrected chi connectivity index (χ3v) is 2.55. The van der Waals surface area contributed by atoms with Crippen molar-refractivity contribution in [2.75, 3.05) is 0 Å². The molecule has 0 spiro atoms. The Hall–Kier alpha value is -1.42. The second kappa shape index (κ2) is 6.23. The Morgan fingerprint density at radius 1 is 1.44 bits per heavy atom. The van der Waals surface area contributed by atoms with E-state index in [0.29, 0.717) is 19.3 Å². The molecule has 4 nitrogen and oxygen atoms in total. The summed E-state index contributed by atoms with van der Waals surface area (Å²) in [6, 6.07) is 0. The van der Waals surface area contributed by atoms with Gasteiger partial charge in [0.2, 0.25) is 0 Å². The van der Waals surface area contributed by atoms with E-state index in [2.05, 4.69) is 0 Å². The van der Waals surface area contributed by atoms with E-state index in [1.807, 2.05) is 12.2 Å². The van der Waals surface area contributed by atoms with Crippen molar-refractivity contribution < 1.29 is 19.8 Å². The normalized spacial score (nSPS) is 24.4. The predicted octanol–water partition coefficient (Wildman–Crippen LogP) is 1.30. The van der Waals surface area contributed by atoms with Crippen LogP contribution in [0, 0.1) is 5.92 Å². The van der Waals surface area contributed by atoms with E-state index in [4.69, 9.17) is 5.11 Å². The summed E-state index contributed by atoms with van der Waals surface area (Å²) in [5, 5.41) is 17.8. The topological polar surface area (TPSA) is 74.6 Å². The monoisotopic (exact) mass is 224 g/mol. The van der Waals surface area contributed by atoms with Gasteiger partial charge in [-0.2, -0.15) is 0 Å². The Balaban J connectivity index is 2.17. The van der Waals surface area contributed by atoms with Gasteiger partial charge in [0.15, 0.2) is 5.78 Å². The van der Waals surface area contributed by atoms with Gasteiger partial charge in [-0.1, -0.05) is 18.2 Å². The largest absolute Gasteiger partial charge is 0.481 e. The van der Waals surface area contributed by atoms with Gasteiger partial charge in [-0.3, -0.25) is 9.59 Å². The van der Waals surface area contributed by atoms with Gasteiger partial charge in [0.05, 0.1) is 12.0 Å². The third kappa shape index (κ3) is 3.98. The molecule has 0 aromatic heterocycles. The van der Waals surface area contributed by atoms with E-state index in [-0.39, 0.29) is 18.1 Å². The second-order valence-corrected chi connectivity index (χ2v) is 3.85. The summed E-state index contributed by atoms with van der Waals surface area (Å²) in [7, 11) is 0. The fraction of sp³-hybridized carbons (Fsp3) is 0.500. The summed E-state index contributed by atoms with van der Waals surface area (Å²) in [4.78, 5) is 21.5. The van der Waals surface area contributed by atoms with Crippen molar-refractivity contribution in [2.24, 2.45) is 5.92 Å². The first-order valence-corrected chi connectivity index (χ1v) is 5.38. The van der Waals surface area contributed by atoms with Crippen LogP contribution in [0.2, 0.25) is 0 Å². The lowest BCUT2D eigenvalue weighted by Crippen LogP contribution is -2.18. The Morgan fingerprint density at radius 3 is 2.75 bits per heavy atom. The average Bonchev–Trinajstić information content (AvgIpc) is 2.53. The summed E-state index contributed by atoms with van der Waals surface area (Å²) >= 11 is 0. The minimum atomic E-state index is -0.793. The number of carbonyl (C=O) groups excluding carboxylic acids is 1. The van der Waals surface area contributed by atoms with E-state index in [0.717, 1.165) is 0 Å². The molecule has 0 aromatic carbocycles. The molecule has 0 aromatic rings. The standard InChI is InChI=1S/C12H16O4/c13-10-7-8-11(14)9(10)5-3-1-2-4-6-12(15)16/h1,3,7-10,13H,2,4-6H2,(H,15,16). The van der Waals surface area contributed by atoms with E-state index in [9.17, 15) is 14.7 Å². The molecule has 1 aliphatic rings. The third-order valence-electron chi connectivity index (χ3n) is 2.55. The van der Waals surface area contributed by atoms with Gasteiger partial charge in [0.1, 0.15) is 0 Å². The van der Waals surface area contributed by atoms with Crippen molar-refractivity contribution in [1.29, 1.82) is 0 Å². The molecule has 2 atom stereocenters. The maximum atomic E-state index is 11.2. The number of allylic oxidation sites excluding steroid dienone is 3. The van der Waals surface area contributed by atoms with Crippen LogP contribution < -0.4 is 0 Å². The number of carbonyl (C=O) groups is 2. The van der Waals surface area contributed by atoms with Crippen LogP contribution in [0.3, 0.4) is 0 Å². The maximum absolute atomic E-state index is 11.2. The average molecular weight is 224 g/mol. The van der Waals surface area contributed by atoms with Crippen molar-refractivity contribution in [3.8, 4) is 0 Å². The highest BCUT2D eigenvalue weighted by atomic mass is 16.4. The molecular weight excluding hydrogens is 208 g/mol. The zero-order valence-electron chi connectivity index (χ0n) is 9.00. The van der Waals surface area contributed by atoms with Crippen LogP contribution in [-0.4, -0.2) is 28.1 Å². The van der Waals surface area contributed by atoms with E-state index in [1.54, 1.807) is 0 Å². The molecule has 0 bridgehead atoms. The van der Waals surface area contributed by atoms with Crippen molar-refractivity contribution >= 4 is 11.8 Å². The van der Waals surface area contributed by atoms with Gasteiger partial charge in [0, 0.05) is 6.42 Å². The fourth-order valence-corrected chi connectivity index (χ4v) is 1.61. The minimum Gasteiger partial charge on any atom is -0.481 e. The van der Waals surface area contributed by atoms with Crippen LogP contribution in [0.25, 0.3) is 0 Å². The van der Waals surface area contributed by atoms with E-state index < -0.39 is 12.1 Å². The lowest BCUT2D eigenvalue weighted by Gasteiger charge is -2.09. The number of carboxylic acid groups (broad SMARTS) is 1. The number of unbranched alkanes of at least 4 members (excludes halogenated alkanes) is 1. The Labute approximate surface area is 94.3 Å². The SMILES string of the molecule is O=C(O)CCCC=CCC1C(=O)C=CC1O. The summed E-state index contributed by atoms with van der Waals surface area (Å²) in [6.45, 7) is 0. The van der Waals surface area contributed by atoms with Crippen molar-refractivity contribution in [3.05, 3.63) is 24.3 Å². The number of ketones is 1. The molecule has 1 aliphatic carbocycles. The molecule has 88 valence electrons. The van der Waals surface area contributed by atoms with E-state index >= 15 is 0 Å². The lowest BCUT2D eigenvalue weighted by molar-refractivity contribution is -0.137. The molecule has 16 heavy (non-hydrogen) atoms. The predicted molar refractivity (Wildman–Crippen MR) is 58.9 cm³/mol. The van der Waals surface area contributed by atoms with Crippen LogP contribution in [-0.2, 0) is 9.59 Å². The van der Waals surface area contributed by atoms with Crippen LogP contribution in [0.15, 0.2) is 24.3 Å². The highest BCUT2D eigenvalue weighted by Crippen LogP contribution is 2.19. The van der Waals surface area contributed by atoms with Crippen molar-refractivity contribution in [2.45, 2.75) is 31.8 Å². The van der Waals surface area contributed by atoms with Gasteiger partial charge in [0.25, 0.3) is 0 Å². The molecule has 0 radical (unpaired) electrons. The number of carboxylic acids is 1. The minimum absolute atomic E-state index is 0.0392. The molecule has 0 fully saturated rings. The van der Waals surface area contributed by atoms with Crippen molar-refractivity contribution in [1.82, 2.24) is 0 Å². The fourth-order valence-electron chi connectivity index (χ4n) is 1.61. The number of aliphatic carboxylic acids is 1. The first kappa shape index (κ1) is 12.6. The number of hydrogen-bond donors (Lipinski definition) is 2. The zero-order valence-corrected chi connectivity index (χ0v) is 9.00. The summed E-state index contributed by atoms with van der Waals surface area (Å²) < 4.78 is 0. The molecule has 0 saturated heterocycles. The number of rotatable bonds is 6. The van der Waals surface area contributed by atoms with Crippen molar-refractivity contribution in [3.63, 3.8) is 0 Å². The molecule has 4 heteroatoms. The maximum Gasteiger partial charge on any atom is 0.303 e. The quantitative estimate of drug-likeness (QED) is 0.527. The molecule has 2 unspecified atom stereocenters. The molecule has 1 rings (SSSR count). The van der Waals surface area contributed by atoms with Gasteiger partial charge in [-0.25, -0.2) is 0 Å². The van der Waals surface area contributed by atoms with Gasteiger partial charge < -0.3 is 10.2 Å². The molecule has 0 amide bonds. The zero-order chi connectivity index (χ0) is 12.0.